The maximum Gasteiger partial charge on any atom is 0.233 e. The van der Waals surface area contributed by atoms with Crippen LogP contribution < -0.4 is 10.1 Å². The fourth-order valence-electron chi connectivity index (χ4n) is 4.27. The fourth-order valence-corrected chi connectivity index (χ4v) is 4.27. The lowest BCUT2D eigenvalue weighted by Gasteiger charge is -2.19. The molecule has 2 aliphatic rings. The fraction of sp³-hybridized carbons (Fsp3) is 0.375. The zero-order chi connectivity index (χ0) is 21.1. The number of rotatable bonds is 6. The van der Waals surface area contributed by atoms with Crippen LogP contribution in [0.25, 0.3) is 0 Å². The molecule has 2 aromatic rings. The summed E-state index contributed by atoms with van der Waals surface area (Å²) in [5, 5.41) is 2.85. The van der Waals surface area contributed by atoms with Gasteiger partial charge in [0, 0.05) is 13.0 Å². The van der Waals surface area contributed by atoms with Gasteiger partial charge in [0.25, 0.3) is 0 Å². The van der Waals surface area contributed by atoms with Gasteiger partial charge in [-0.05, 0) is 44.0 Å². The van der Waals surface area contributed by atoms with E-state index in [0.717, 1.165) is 31.2 Å². The highest BCUT2D eigenvalue weighted by atomic mass is 16.5. The molecule has 2 fully saturated rings. The number of amides is 3. The summed E-state index contributed by atoms with van der Waals surface area (Å²) in [6.45, 7) is 2.13. The number of nitrogens with zero attached hydrogens (tertiary/aromatic N) is 1. The van der Waals surface area contributed by atoms with Crippen molar-refractivity contribution in [2.75, 3.05) is 11.9 Å². The molecule has 0 bridgehead atoms. The first-order valence-electron chi connectivity index (χ1n) is 10.5. The van der Waals surface area contributed by atoms with Crippen LogP contribution in [0.15, 0.2) is 48.5 Å². The average molecular weight is 406 g/mol. The van der Waals surface area contributed by atoms with Crippen molar-refractivity contribution in [3.8, 4) is 11.5 Å². The van der Waals surface area contributed by atoms with E-state index < -0.39 is 0 Å². The van der Waals surface area contributed by atoms with Gasteiger partial charge in [-0.25, -0.2) is 0 Å². The van der Waals surface area contributed by atoms with E-state index in [1.165, 1.54) is 4.90 Å². The predicted molar refractivity (Wildman–Crippen MR) is 113 cm³/mol. The molecule has 1 aliphatic heterocycles. The maximum absolute atomic E-state index is 12.6. The van der Waals surface area contributed by atoms with Gasteiger partial charge in [0.05, 0.1) is 17.5 Å². The van der Waals surface area contributed by atoms with E-state index >= 15 is 0 Å². The highest BCUT2D eigenvalue weighted by molar-refractivity contribution is 6.05. The molecule has 1 saturated carbocycles. The SMILES string of the molecule is Cc1ccc(Oc2ccccc2NC(=O)CCN2C(=O)C3CCCCC3C2=O)cc1. The third-order valence-corrected chi connectivity index (χ3v) is 5.90. The number of hydrogen-bond donors (Lipinski definition) is 1. The summed E-state index contributed by atoms with van der Waals surface area (Å²) in [6.07, 6.45) is 3.61. The van der Waals surface area contributed by atoms with Gasteiger partial charge in [0.15, 0.2) is 5.75 Å². The maximum atomic E-state index is 12.6. The van der Waals surface area contributed by atoms with Crippen molar-refractivity contribution in [2.24, 2.45) is 11.8 Å². The molecular weight excluding hydrogens is 380 g/mol. The minimum absolute atomic E-state index is 0.0653. The molecule has 1 heterocycles. The predicted octanol–water partition coefficient (Wildman–Crippen LogP) is 4.29. The van der Waals surface area contributed by atoms with Crippen LogP contribution in [0.4, 0.5) is 5.69 Å². The molecular formula is C24H26N2O4. The third-order valence-electron chi connectivity index (χ3n) is 5.90. The summed E-state index contributed by atoms with van der Waals surface area (Å²) in [4.78, 5) is 38.9. The molecule has 1 N–H and O–H groups in total. The molecule has 30 heavy (non-hydrogen) atoms. The Hall–Kier alpha value is -3.15. The Morgan fingerprint density at radius 2 is 1.63 bits per heavy atom. The van der Waals surface area contributed by atoms with E-state index in [4.69, 9.17) is 4.74 Å². The summed E-state index contributed by atoms with van der Waals surface area (Å²) in [5.74, 6) is 0.370. The summed E-state index contributed by atoms with van der Waals surface area (Å²) in [7, 11) is 0. The minimum Gasteiger partial charge on any atom is -0.455 e. The molecule has 6 heteroatoms. The Kier molecular flexibility index (Phi) is 5.84. The molecule has 1 saturated heterocycles. The van der Waals surface area contributed by atoms with Gasteiger partial charge >= 0.3 is 0 Å². The van der Waals surface area contributed by atoms with E-state index in [-0.39, 0.29) is 42.5 Å². The van der Waals surface area contributed by atoms with Gasteiger partial charge in [-0.15, -0.1) is 0 Å². The number of fused-ring (bicyclic) bond motifs is 1. The van der Waals surface area contributed by atoms with Crippen molar-refractivity contribution in [1.29, 1.82) is 0 Å². The Balaban J connectivity index is 1.37. The molecule has 2 unspecified atom stereocenters. The van der Waals surface area contributed by atoms with E-state index in [2.05, 4.69) is 5.32 Å². The third kappa shape index (κ3) is 4.22. The molecule has 2 aromatic carbocycles. The first kappa shape index (κ1) is 20.1. The number of anilines is 1. The quantitative estimate of drug-likeness (QED) is 0.726. The topological polar surface area (TPSA) is 75.7 Å². The van der Waals surface area contributed by atoms with Crippen LogP contribution in [0.1, 0.15) is 37.7 Å². The number of carbonyl (C=O) groups excluding carboxylic acids is 3. The Bertz CT molecular complexity index is 930. The second-order valence-electron chi connectivity index (χ2n) is 8.04. The lowest BCUT2D eigenvalue weighted by atomic mass is 9.81. The number of nitrogens with one attached hydrogen (secondary N) is 1. The molecule has 0 radical (unpaired) electrons. The van der Waals surface area contributed by atoms with Gasteiger partial charge < -0.3 is 10.1 Å². The summed E-state index contributed by atoms with van der Waals surface area (Å²) in [6, 6.07) is 14.9. The average Bonchev–Trinajstić information content (AvgIpc) is 3.00. The van der Waals surface area contributed by atoms with Crippen LogP contribution in [0, 0.1) is 18.8 Å². The van der Waals surface area contributed by atoms with Crippen LogP contribution in [-0.4, -0.2) is 29.2 Å². The van der Waals surface area contributed by atoms with Crippen molar-refractivity contribution in [1.82, 2.24) is 4.90 Å². The highest BCUT2D eigenvalue weighted by Crippen LogP contribution is 2.38. The first-order valence-corrected chi connectivity index (χ1v) is 10.5. The number of carbonyl (C=O) groups is 3. The van der Waals surface area contributed by atoms with Gasteiger partial charge in [-0.1, -0.05) is 42.7 Å². The first-order chi connectivity index (χ1) is 14.5. The van der Waals surface area contributed by atoms with Gasteiger partial charge in [0.2, 0.25) is 17.7 Å². The number of hydrogen-bond acceptors (Lipinski definition) is 4. The smallest absolute Gasteiger partial charge is 0.233 e. The zero-order valence-electron chi connectivity index (χ0n) is 17.1. The van der Waals surface area contributed by atoms with Gasteiger partial charge in [-0.2, -0.15) is 0 Å². The largest absolute Gasteiger partial charge is 0.455 e. The molecule has 3 amide bonds. The van der Waals surface area contributed by atoms with Crippen molar-refractivity contribution < 1.29 is 19.1 Å². The Morgan fingerprint density at radius 1 is 1.00 bits per heavy atom. The second kappa shape index (κ2) is 8.69. The van der Waals surface area contributed by atoms with E-state index in [0.29, 0.717) is 17.2 Å². The number of ether oxygens (including phenoxy) is 1. The molecule has 156 valence electrons. The second-order valence-corrected chi connectivity index (χ2v) is 8.04. The molecule has 6 nitrogen and oxygen atoms in total. The lowest BCUT2D eigenvalue weighted by molar-refractivity contribution is -0.140. The molecule has 4 rings (SSSR count). The number of aryl methyl sites for hydroxylation is 1. The number of para-hydroxylation sites is 2. The normalized spacial score (nSPS) is 20.8. The van der Waals surface area contributed by atoms with Crippen LogP contribution >= 0.6 is 0 Å². The number of benzene rings is 2. The summed E-state index contributed by atoms with van der Waals surface area (Å²) < 4.78 is 5.91. The van der Waals surface area contributed by atoms with E-state index in [1.807, 2.05) is 43.3 Å². The molecule has 0 spiro atoms. The minimum atomic E-state index is -0.259. The monoisotopic (exact) mass is 406 g/mol. The van der Waals surface area contributed by atoms with Crippen molar-refractivity contribution in [3.63, 3.8) is 0 Å². The van der Waals surface area contributed by atoms with Crippen molar-refractivity contribution >= 4 is 23.4 Å². The van der Waals surface area contributed by atoms with Crippen molar-refractivity contribution in [2.45, 2.75) is 39.0 Å². The summed E-state index contributed by atoms with van der Waals surface area (Å²) in [5.41, 5.74) is 1.69. The van der Waals surface area contributed by atoms with Crippen LogP contribution in [0.2, 0.25) is 0 Å². The molecule has 2 atom stereocenters. The number of likely N-dealkylation sites (tertiary alicyclic amines) is 1. The zero-order valence-corrected chi connectivity index (χ0v) is 17.1. The van der Waals surface area contributed by atoms with Crippen LogP contribution in [-0.2, 0) is 14.4 Å². The van der Waals surface area contributed by atoms with Crippen LogP contribution in [0.3, 0.4) is 0 Å². The Labute approximate surface area is 176 Å². The van der Waals surface area contributed by atoms with Crippen molar-refractivity contribution in [3.05, 3.63) is 54.1 Å². The number of imide groups is 1. The van der Waals surface area contributed by atoms with Gasteiger partial charge in [0.1, 0.15) is 5.75 Å². The molecule has 1 aliphatic carbocycles. The van der Waals surface area contributed by atoms with E-state index in [9.17, 15) is 14.4 Å². The standard InChI is InChI=1S/C24H26N2O4/c1-16-10-12-17(13-11-16)30-21-9-5-4-8-20(21)25-22(27)14-15-26-23(28)18-6-2-3-7-19(18)24(26)29/h4-5,8-13,18-19H,2-3,6-7,14-15H2,1H3,(H,25,27). The summed E-state index contributed by atoms with van der Waals surface area (Å²) >= 11 is 0. The highest BCUT2D eigenvalue weighted by Gasteiger charge is 2.47. The van der Waals surface area contributed by atoms with Crippen LogP contribution in [0.5, 0.6) is 11.5 Å². The lowest BCUT2D eigenvalue weighted by Crippen LogP contribution is -2.34. The molecule has 0 aromatic heterocycles. The Morgan fingerprint density at radius 3 is 2.30 bits per heavy atom. The van der Waals surface area contributed by atoms with E-state index in [1.54, 1.807) is 12.1 Å². The van der Waals surface area contributed by atoms with Gasteiger partial charge in [-0.3, -0.25) is 19.3 Å².